The molecule has 1 saturated heterocycles. The van der Waals surface area contributed by atoms with E-state index in [2.05, 4.69) is 45.0 Å². The number of hydrogen-bond acceptors (Lipinski definition) is 7. The third kappa shape index (κ3) is 6.40. The Bertz CT molecular complexity index is 839. The van der Waals surface area contributed by atoms with Gasteiger partial charge in [-0.3, -0.25) is 0 Å². The molecule has 8 nitrogen and oxygen atoms in total. The predicted octanol–water partition coefficient (Wildman–Crippen LogP) is 2.95. The Labute approximate surface area is 189 Å². The molecule has 31 heavy (non-hydrogen) atoms. The molecule has 0 amide bonds. The van der Waals surface area contributed by atoms with E-state index in [4.69, 9.17) is 14.5 Å². The maximum Gasteiger partial charge on any atom is 0.191 e. The number of thiazole rings is 1. The Morgan fingerprint density at radius 2 is 1.87 bits per heavy atom. The quantitative estimate of drug-likeness (QED) is 0.477. The van der Waals surface area contributed by atoms with Crippen LogP contribution in [0, 0.1) is 0 Å². The first-order valence-electron chi connectivity index (χ1n) is 10.7. The minimum Gasteiger partial charge on any atom is -0.497 e. The zero-order valence-corrected chi connectivity index (χ0v) is 20.0. The highest BCUT2D eigenvalue weighted by Gasteiger charge is 2.21. The van der Waals surface area contributed by atoms with Gasteiger partial charge in [-0.25, -0.2) is 9.98 Å². The van der Waals surface area contributed by atoms with Gasteiger partial charge in [-0.15, -0.1) is 11.3 Å². The van der Waals surface area contributed by atoms with Crippen molar-refractivity contribution in [2.75, 3.05) is 57.7 Å². The minimum atomic E-state index is 0.384. The lowest BCUT2D eigenvalue weighted by Gasteiger charge is -2.34. The summed E-state index contributed by atoms with van der Waals surface area (Å²) in [5.74, 6) is 2.48. The lowest BCUT2D eigenvalue weighted by molar-refractivity contribution is 0.393. The summed E-state index contributed by atoms with van der Waals surface area (Å²) in [6.07, 6.45) is 2.07. The summed E-state index contributed by atoms with van der Waals surface area (Å²) in [6.45, 7) is 5.41. The van der Waals surface area contributed by atoms with Crippen molar-refractivity contribution in [3.8, 4) is 11.5 Å². The van der Waals surface area contributed by atoms with Crippen molar-refractivity contribution < 1.29 is 9.47 Å². The Kier molecular flexibility index (Phi) is 8.22. The fraction of sp³-hybridized carbons (Fsp3) is 0.545. The van der Waals surface area contributed by atoms with E-state index >= 15 is 0 Å². The maximum absolute atomic E-state index is 5.42. The SMILES string of the molecule is CCNC(=NCc1csc(N(C)C)n1)NC1CCN(c2cc(OC)cc(OC)c2)CC1. The first kappa shape index (κ1) is 23.0. The van der Waals surface area contributed by atoms with E-state index in [0.29, 0.717) is 12.6 Å². The molecule has 0 atom stereocenters. The van der Waals surface area contributed by atoms with Gasteiger partial charge in [0.2, 0.25) is 0 Å². The molecular formula is C22H34N6O2S. The lowest BCUT2D eigenvalue weighted by atomic mass is 10.0. The van der Waals surface area contributed by atoms with Crippen molar-refractivity contribution in [1.29, 1.82) is 0 Å². The summed E-state index contributed by atoms with van der Waals surface area (Å²) in [5, 5.41) is 10.0. The number of aromatic nitrogens is 1. The largest absolute Gasteiger partial charge is 0.497 e. The van der Waals surface area contributed by atoms with Crippen LogP contribution >= 0.6 is 11.3 Å². The number of piperidine rings is 1. The Morgan fingerprint density at radius 3 is 2.42 bits per heavy atom. The first-order valence-corrected chi connectivity index (χ1v) is 11.5. The molecule has 0 saturated carbocycles. The predicted molar refractivity (Wildman–Crippen MR) is 129 cm³/mol. The van der Waals surface area contributed by atoms with E-state index in [-0.39, 0.29) is 0 Å². The van der Waals surface area contributed by atoms with Gasteiger partial charge in [0.05, 0.1) is 26.5 Å². The van der Waals surface area contributed by atoms with E-state index in [1.807, 2.05) is 25.1 Å². The number of anilines is 2. The van der Waals surface area contributed by atoms with Crippen LogP contribution in [0.15, 0.2) is 28.6 Å². The third-order valence-electron chi connectivity index (χ3n) is 5.20. The summed E-state index contributed by atoms with van der Waals surface area (Å²) in [4.78, 5) is 13.8. The van der Waals surface area contributed by atoms with E-state index < -0.39 is 0 Å². The van der Waals surface area contributed by atoms with Crippen molar-refractivity contribution >= 4 is 28.1 Å². The number of aliphatic imine (C=N–C) groups is 1. The maximum atomic E-state index is 5.42. The van der Waals surface area contributed by atoms with E-state index in [1.54, 1.807) is 25.6 Å². The zero-order chi connectivity index (χ0) is 22.2. The lowest BCUT2D eigenvalue weighted by Crippen LogP contribution is -2.48. The van der Waals surface area contributed by atoms with Crippen LogP contribution in [0.3, 0.4) is 0 Å². The van der Waals surface area contributed by atoms with Crippen LogP contribution in [-0.4, -0.2) is 64.9 Å². The Balaban J connectivity index is 1.57. The van der Waals surface area contributed by atoms with Gasteiger partial charge in [-0.1, -0.05) is 0 Å². The Hall–Kier alpha value is -2.68. The fourth-order valence-electron chi connectivity index (χ4n) is 3.50. The standard InChI is InChI=1S/C22H34N6O2S/c1-6-23-21(24-14-17-15-31-22(26-17)27(2)3)25-16-7-9-28(10-8-16)18-11-19(29-4)13-20(12-18)30-5/h11-13,15-16H,6-10,14H2,1-5H3,(H2,23,24,25). The monoisotopic (exact) mass is 446 g/mol. The van der Waals surface area contributed by atoms with Crippen molar-refractivity contribution in [1.82, 2.24) is 15.6 Å². The van der Waals surface area contributed by atoms with E-state index in [9.17, 15) is 0 Å². The van der Waals surface area contributed by atoms with Gasteiger partial charge in [0.25, 0.3) is 0 Å². The topological polar surface area (TPSA) is 74.3 Å². The van der Waals surface area contributed by atoms with Crippen LogP contribution in [0.25, 0.3) is 0 Å². The number of methoxy groups -OCH3 is 2. The summed E-state index contributed by atoms with van der Waals surface area (Å²) >= 11 is 1.64. The van der Waals surface area contributed by atoms with Gasteiger partial charge in [-0.05, 0) is 19.8 Å². The molecule has 1 fully saturated rings. The third-order valence-corrected chi connectivity index (χ3v) is 6.26. The highest BCUT2D eigenvalue weighted by atomic mass is 32.1. The molecule has 0 radical (unpaired) electrons. The number of hydrogen-bond donors (Lipinski definition) is 2. The fourth-order valence-corrected chi connectivity index (χ4v) is 4.25. The van der Waals surface area contributed by atoms with Crippen molar-refractivity contribution in [2.45, 2.75) is 32.4 Å². The van der Waals surface area contributed by atoms with Gasteiger partial charge >= 0.3 is 0 Å². The molecule has 2 heterocycles. The number of benzene rings is 1. The van der Waals surface area contributed by atoms with Gasteiger partial charge in [0, 0.05) is 69.0 Å². The Morgan fingerprint density at radius 1 is 1.19 bits per heavy atom. The molecule has 2 N–H and O–H groups in total. The highest BCUT2D eigenvalue weighted by Crippen LogP contribution is 2.30. The molecule has 1 aliphatic heterocycles. The van der Waals surface area contributed by atoms with Gasteiger partial charge in [-0.2, -0.15) is 0 Å². The van der Waals surface area contributed by atoms with Crippen LogP contribution in [0.1, 0.15) is 25.5 Å². The molecule has 1 aliphatic rings. The number of nitrogens with one attached hydrogen (secondary N) is 2. The average molecular weight is 447 g/mol. The van der Waals surface area contributed by atoms with Crippen LogP contribution < -0.4 is 29.9 Å². The summed E-state index contributed by atoms with van der Waals surface area (Å²) in [7, 11) is 7.38. The molecule has 0 unspecified atom stereocenters. The first-order chi connectivity index (χ1) is 15.0. The van der Waals surface area contributed by atoms with Gasteiger partial charge < -0.3 is 29.9 Å². The van der Waals surface area contributed by atoms with E-state index in [1.165, 1.54) is 0 Å². The molecular weight excluding hydrogens is 412 g/mol. The zero-order valence-electron chi connectivity index (χ0n) is 19.1. The second kappa shape index (κ2) is 11.1. The molecule has 9 heteroatoms. The number of nitrogens with zero attached hydrogens (tertiary/aromatic N) is 4. The normalized spacial score (nSPS) is 15.0. The molecule has 1 aromatic heterocycles. The molecule has 0 bridgehead atoms. The molecule has 0 aliphatic carbocycles. The smallest absolute Gasteiger partial charge is 0.191 e. The van der Waals surface area contributed by atoms with Crippen LogP contribution in [-0.2, 0) is 6.54 Å². The van der Waals surface area contributed by atoms with Gasteiger partial charge in [0.15, 0.2) is 11.1 Å². The average Bonchev–Trinajstić information content (AvgIpc) is 3.27. The van der Waals surface area contributed by atoms with Crippen LogP contribution in [0.4, 0.5) is 10.8 Å². The molecule has 1 aromatic carbocycles. The molecule has 170 valence electrons. The van der Waals surface area contributed by atoms with Crippen LogP contribution in [0.5, 0.6) is 11.5 Å². The molecule has 2 aromatic rings. The van der Waals surface area contributed by atoms with E-state index in [0.717, 1.165) is 66.4 Å². The molecule has 3 rings (SSSR count). The summed E-state index contributed by atoms with van der Waals surface area (Å²) < 4.78 is 10.8. The highest BCUT2D eigenvalue weighted by molar-refractivity contribution is 7.13. The molecule has 0 spiro atoms. The van der Waals surface area contributed by atoms with Crippen molar-refractivity contribution in [2.24, 2.45) is 4.99 Å². The minimum absolute atomic E-state index is 0.384. The number of ether oxygens (including phenoxy) is 2. The van der Waals surface area contributed by atoms with Gasteiger partial charge in [0.1, 0.15) is 11.5 Å². The summed E-state index contributed by atoms with van der Waals surface area (Å²) in [6, 6.07) is 6.42. The van der Waals surface area contributed by atoms with Crippen molar-refractivity contribution in [3.05, 3.63) is 29.3 Å². The van der Waals surface area contributed by atoms with Crippen molar-refractivity contribution in [3.63, 3.8) is 0 Å². The second-order valence-corrected chi connectivity index (χ2v) is 8.52. The number of guanidine groups is 1. The van der Waals surface area contributed by atoms with Crippen LogP contribution in [0.2, 0.25) is 0 Å². The number of rotatable bonds is 8. The summed E-state index contributed by atoms with van der Waals surface area (Å²) in [5.41, 5.74) is 2.13. The second-order valence-electron chi connectivity index (χ2n) is 7.69.